The van der Waals surface area contributed by atoms with Crippen molar-refractivity contribution in [1.29, 1.82) is 0 Å². The Bertz CT molecular complexity index is 1110. The van der Waals surface area contributed by atoms with Gasteiger partial charge in [-0.05, 0) is 50.2 Å². The summed E-state index contributed by atoms with van der Waals surface area (Å²) in [5.74, 6) is 0.586. The number of nitrogens with one attached hydrogen (secondary N) is 1. The first-order chi connectivity index (χ1) is 14.9. The number of ether oxygens (including phenoxy) is 2. The molecule has 1 amide bonds. The van der Waals surface area contributed by atoms with E-state index in [9.17, 15) is 14.0 Å². The second-order valence-electron chi connectivity index (χ2n) is 7.42. The normalized spacial score (nSPS) is 15.6. The van der Waals surface area contributed by atoms with E-state index in [1.54, 1.807) is 31.2 Å². The first kappa shape index (κ1) is 21.1. The van der Waals surface area contributed by atoms with Crippen molar-refractivity contribution in [3.05, 3.63) is 70.9 Å². The third kappa shape index (κ3) is 4.77. The Morgan fingerprint density at radius 3 is 2.71 bits per heavy atom. The molecule has 0 radical (unpaired) electrons. The molecule has 7 heteroatoms. The number of Topliss-reactive ketones (excluding diaryl/α,β-unsaturated/α-hetero) is 1. The zero-order valence-electron chi connectivity index (χ0n) is 17.2. The van der Waals surface area contributed by atoms with Crippen LogP contribution < -0.4 is 14.8 Å². The molecular weight excluding hydrogens is 417 g/mol. The minimum Gasteiger partial charge on any atom is -0.487 e. The maximum Gasteiger partial charge on any atom is 0.260 e. The number of hydrogen-bond donors (Lipinski definition) is 1. The zero-order valence-corrected chi connectivity index (χ0v) is 18.0. The van der Waals surface area contributed by atoms with Crippen molar-refractivity contribution in [2.75, 3.05) is 6.54 Å². The molecule has 31 heavy (non-hydrogen) atoms. The summed E-state index contributed by atoms with van der Waals surface area (Å²) in [6.45, 7) is 3.47. The van der Waals surface area contributed by atoms with E-state index in [0.29, 0.717) is 28.4 Å². The molecule has 1 aromatic heterocycles. The molecular formula is C24H22FNO4S. The van der Waals surface area contributed by atoms with Crippen LogP contribution in [0.5, 0.6) is 11.5 Å². The largest absolute Gasteiger partial charge is 0.487 e. The van der Waals surface area contributed by atoms with Gasteiger partial charge < -0.3 is 14.8 Å². The van der Waals surface area contributed by atoms with Crippen LogP contribution in [-0.2, 0) is 11.2 Å². The number of hydrogen-bond acceptors (Lipinski definition) is 5. The molecule has 4 rings (SSSR count). The van der Waals surface area contributed by atoms with Crippen LogP contribution in [0.2, 0.25) is 0 Å². The molecule has 2 aromatic carbocycles. The number of amides is 1. The molecule has 1 N–H and O–H groups in total. The number of rotatable bonds is 7. The van der Waals surface area contributed by atoms with E-state index in [2.05, 4.69) is 5.32 Å². The first-order valence-electron chi connectivity index (χ1n) is 10.0. The van der Waals surface area contributed by atoms with Gasteiger partial charge in [-0.1, -0.05) is 18.2 Å². The van der Waals surface area contributed by atoms with E-state index in [1.807, 2.05) is 18.2 Å². The van der Waals surface area contributed by atoms with Crippen LogP contribution in [0.4, 0.5) is 4.39 Å². The Balaban J connectivity index is 1.41. The summed E-state index contributed by atoms with van der Waals surface area (Å²) in [5.41, 5.74) is 1.38. The Kier molecular flexibility index (Phi) is 6.04. The topological polar surface area (TPSA) is 64.6 Å². The molecule has 0 fully saturated rings. The maximum atomic E-state index is 14.2. The summed E-state index contributed by atoms with van der Waals surface area (Å²) < 4.78 is 25.9. The molecule has 2 heterocycles. The van der Waals surface area contributed by atoms with Gasteiger partial charge in [0.15, 0.2) is 11.9 Å². The van der Waals surface area contributed by atoms with Gasteiger partial charge in [0, 0.05) is 22.4 Å². The van der Waals surface area contributed by atoms with Crippen molar-refractivity contribution < 1.29 is 23.5 Å². The van der Waals surface area contributed by atoms with E-state index in [4.69, 9.17) is 9.47 Å². The quantitative estimate of drug-likeness (QED) is 0.545. The minimum atomic E-state index is -0.657. The lowest BCUT2D eigenvalue weighted by Gasteiger charge is -2.17. The standard InChI is InChI=1S/C24H22FNO4S/c1-14(27)21-8-9-22(31-21)20-12-17(25)10-16-11-19(30-23(16)20)13-26-24(28)15(2)29-18-6-4-3-5-7-18/h3-10,12,15,19H,11,13H2,1-2H3,(H,26,28)/t15-,19+/m1/s1. The fraction of sp³-hybridized carbons (Fsp3) is 0.250. The highest BCUT2D eigenvalue weighted by Gasteiger charge is 2.28. The smallest absolute Gasteiger partial charge is 0.260 e. The van der Waals surface area contributed by atoms with Gasteiger partial charge in [0.2, 0.25) is 0 Å². The molecule has 0 aliphatic carbocycles. The van der Waals surface area contributed by atoms with E-state index in [1.165, 1.54) is 30.4 Å². The molecule has 0 saturated heterocycles. The second-order valence-corrected chi connectivity index (χ2v) is 8.51. The summed E-state index contributed by atoms with van der Waals surface area (Å²) in [6, 6.07) is 15.6. The molecule has 1 aliphatic heterocycles. The number of benzene rings is 2. The Morgan fingerprint density at radius 2 is 2.00 bits per heavy atom. The third-order valence-electron chi connectivity index (χ3n) is 5.01. The minimum absolute atomic E-state index is 0.0300. The number of ketones is 1. The molecule has 0 spiro atoms. The lowest BCUT2D eigenvalue weighted by molar-refractivity contribution is -0.127. The first-order valence-corrected chi connectivity index (χ1v) is 10.8. The highest BCUT2D eigenvalue weighted by Crippen LogP contribution is 2.42. The van der Waals surface area contributed by atoms with Crippen LogP contribution in [-0.4, -0.2) is 30.4 Å². The van der Waals surface area contributed by atoms with E-state index in [0.717, 1.165) is 10.4 Å². The number of thiophene rings is 1. The average Bonchev–Trinajstić information content (AvgIpc) is 3.39. The lowest BCUT2D eigenvalue weighted by atomic mass is 10.0. The summed E-state index contributed by atoms with van der Waals surface area (Å²) >= 11 is 1.31. The van der Waals surface area contributed by atoms with Crippen molar-refractivity contribution in [2.24, 2.45) is 0 Å². The lowest BCUT2D eigenvalue weighted by Crippen LogP contribution is -2.41. The zero-order chi connectivity index (χ0) is 22.0. The molecule has 2 atom stereocenters. The predicted molar refractivity (Wildman–Crippen MR) is 117 cm³/mol. The second kappa shape index (κ2) is 8.89. The molecule has 0 saturated carbocycles. The van der Waals surface area contributed by atoms with Crippen molar-refractivity contribution >= 4 is 23.0 Å². The Morgan fingerprint density at radius 1 is 1.23 bits per heavy atom. The highest BCUT2D eigenvalue weighted by atomic mass is 32.1. The third-order valence-corrected chi connectivity index (χ3v) is 6.23. The highest BCUT2D eigenvalue weighted by molar-refractivity contribution is 7.17. The van der Waals surface area contributed by atoms with Crippen LogP contribution in [0.25, 0.3) is 10.4 Å². The molecule has 5 nitrogen and oxygen atoms in total. The van der Waals surface area contributed by atoms with Crippen LogP contribution in [0.15, 0.2) is 54.6 Å². The SMILES string of the molecule is CC(=O)c1ccc(-c2cc(F)cc3c2O[C@H](CNC(=O)[C@@H](C)Oc2ccccc2)C3)s1. The maximum absolute atomic E-state index is 14.2. The predicted octanol–water partition coefficient (Wildman–Crippen LogP) is 4.64. The van der Waals surface area contributed by atoms with Crippen LogP contribution in [0.1, 0.15) is 29.1 Å². The molecule has 0 unspecified atom stereocenters. The summed E-state index contributed by atoms with van der Waals surface area (Å²) in [5, 5.41) is 2.85. The van der Waals surface area contributed by atoms with E-state index in [-0.39, 0.29) is 30.2 Å². The van der Waals surface area contributed by atoms with Gasteiger partial charge >= 0.3 is 0 Å². The van der Waals surface area contributed by atoms with Gasteiger partial charge in [-0.25, -0.2) is 4.39 Å². The Labute approximate surface area is 183 Å². The van der Waals surface area contributed by atoms with Gasteiger partial charge in [-0.2, -0.15) is 0 Å². The van der Waals surface area contributed by atoms with E-state index >= 15 is 0 Å². The molecule has 160 valence electrons. The van der Waals surface area contributed by atoms with Gasteiger partial charge in [-0.3, -0.25) is 9.59 Å². The number of fused-ring (bicyclic) bond motifs is 1. The molecule has 1 aliphatic rings. The van der Waals surface area contributed by atoms with Crippen molar-refractivity contribution in [3.63, 3.8) is 0 Å². The van der Waals surface area contributed by atoms with Crippen LogP contribution >= 0.6 is 11.3 Å². The van der Waals surface area contributed by atoms with Crippen LogP contribution in [0.3, 0.4) is 0 Å². The summed E-state index contributed by atoms with van der Waals surface area (Å²) in [7, 11) is 0. The number of carbonyl (C=O) groups is 2. The van der Waals surface area contributed by atoms with Gasteiger partial charge in [0.1, 0.15) is 23.4 Å². The van der Waals surface area contributed by atoms with Crippen molar-refractivity contribution in [1.82, 2.24) is 5.32 Å². The van der Waals surface area contributed by atoms with Crippen molar-refractivity contribution in [2.45, 2.75) is 32.5 Å². The van der Waals surface area contributed by atoms with Gasteiger partial charge in [0.25, 0.3) is 5.91 Å². The average molecular weight is 440 g/mol. The van der Waals surface area contributed by atoms with Gasteiger partial charge in [0.05, 0.1) is 11.4 Å². The molecule has 3 aromatic rings. The monoisotopic (exact) mass is 439 g/mol. The van der Waals surface area contributed by atoms with Crippen molar-refractivity contribution in [3.8, 4) is 21.9 Å². The van der Waals surface area contributed by atoms with Gasteiger partial charge in [-0.15, -0.1) is 11.3 Å². The fourth-order valence-electron chi connectivity index (χ4n) is 3.48. The fourth-order valence-corrected chi connectivity index (χ4v) is 4.39. The molecule has 0 bridgehead atoms. The number of carbonyl (C=O) groups excluding carboxylic acids is 2. The number of halogens is 1. The summed E-state index contributed by atoms with van der Waals surface area (Å²) in [4.78, 5) is 25.4. The van der Waals surface area contributed by atoms with E-state index < -0.39 is 6.10 Å². The Hall–Kier alpha value is -3.19. The number of para-hydroxylation sites is 1. The summed E-state index contributed by atoms with van der Waals surface area (Å²) in [6.07, 6.45) is -0.481. The van der Waals surface area contributed by atoms with Crippen LogP contribution in [0, 0.1) is 5.82 Å².